The fourth-order valence-electron chi connectivity index (χ4n) is 2.40. The van der Waals surface area contributed by atoms with Crippen molar-refractivity contribution in [3.8, 4) is 11.3 Å². The lowest BCUT2D eigenvalue weighted by atomic mass is 10.1. The highest BCUT2D eigenvalue weighted by Gasteiger charge is 2.17. The fraction of sp³-hybridized carbons (Fsp3) is 0.438. The van der Waals surface area contributed by atoms with Crippen molar-refractivity contribution in [2.45, 2.75) is 40.7 Å². The molecule has 4 heteroatoms. The standard InChI is InChI=1S/C16H22FN3/c1-5-14-19-15(16(18)20(14)9-10(2)3)13-8-12(17)7-6-11(13)4/h6-8,10H,5,9,18H2,1-4H3. The molecule has 2 rings (SSSR count). The third-order valence-corrected chi connectivity index (χ3v) is 3.40. The number of aromatic nitrogens is 2. The quantitative estimate of drug-likeness (QED) is 0.922. The average Bonchev–Trinajstić information content (AvgIpc) is 2.69. The molecule has 0 bridgehead atoms. The number of anilines is 1. The Morgan fingerprint density at radius 2 is 2.05 bits per heavy atom. The van der Waals surface area contributed by atoms with Crippen LogP contribution in [-0.4, -0.2) is 9.55 Å². The molecular weight excluding hydrogens is 253 g/mol. The number of halogens is 1. The van der Waals surface area contributed by atoms with Crippen molar-refractivity contribution >= 4 is 5.82 Å². The van der Waals surface area contributed by atoms with Crippen LogP contribution >= 0.6 is 0 Å². The highest BCUT2D eigenvalue weighted by molar-refractivity contribution is 5.73. The molecule has 1 aromatic carbocycles. The van der Waals surface area contributed by atoms with Crippen molar-refractivity contribution in [1.82, 2.24) is 9.55 Å². The van der Waals surface area contributed by atoms with Gasteiger partial charge in [-0.25, -0.2) is 9.37 Å². The summed E-state index contributed by atoms with van der Waals surface area (Å²) in [7, 11) is 0. The maximum absolute atomic E-state index is 13.5. The minimum atomic E-state index is -0.263. The summed E-state index contributed by atoms with van der Waals surface area (Å²) in [5, 5.41) is 0. The first kappa shape index (κ1) is 14.6. The van der Waals surface area contributed by atoms with Gasteiger partial charge in [0.2, 0.25) is 0 Å². The largest absolute Gasteiger partial charge is 0.383 e. The van der Waals surface area contributed by atoms with Gasteiger partial charge in [-0.2, -0.15) is 0 Å². The van der Waals surface area contributed by atoms with Crippen LogP contribution in [0.4, 0.5) is 10.2 Å². The van der Waals surface area contributed by atoms with Gasteiger partial charge in [0.25, 0.3) is 0 Å². The Bertz CT molecular complexity index is 614. The predicted octanol–water partition coefficient (Wildman–Crippen LogP) is 3.80. The molecule has 0 aliphatic rings. The highest BCUT2D eigenvalue weighted by Crippen LogP contribution is 2.30. The van der Waals surface area contributed by atoms with Gasteiger partial charge in [-0.15, -0.1) is 0 Å². The zero-order valence-corrected chi connectivity index (χ0v) is 12.6. The summed E-state index contributed by atoms with van der Waals surface area (Å²) in [6.45, 7) is 9.12. The lowest BCUT2D eigenvalue weighted by Crippen LogP contribution is -2.11. The summed E-state index contributed by atoms with van der Waals surface area (Å²) < 4.78 is 15.5. The first-order chi connectivity index (χ1) is 9.43. The van der Waals surface area contributed by atoms with Crippen molar-refractivity contribution in [2.24, 2.45) is 5.92 Å². The van der Waals surface area contributed by atoms with Crippen molar-refractivity contribution in [3.05, 3.63) is 35.4 Å². The van der Waals surface area contributed by atoms with E-state index >= 15 is 0 Å². The van der Waals surface area contributed by atoms with Crippen LogP contribution in [-0.2, 0) is 13.0 Å². The second kappa shape index (κ2) is 5.65. The molecule has 0 atom stereocenters. The van der Waals surface area contributed by atoms with Gasteiger partial charge in [0.05, 0.1) is 0 Å². The first-order valence-electron chi connectivity index (χ1n) is 7.05. The number of benzene rings is 1. The smallest absolute Gasteiger partial charge is 0.131 e. The number of nitrogen functional groups attached to an aromatic ring is 1. The molecule has 0 spiro atoms. The van der Waals surface area contributed by atoms with E-state index in [9.17, 15) is 4.39 Å². The van der Waals surface area contributed by atoms with E-state index in [0.29, 0.717) is 17.4 Å². The predicted molar refractivity (Wildman–Crippen MR) is 81.0 cm³/mol. The Morgan fingerprint density at radius 1 is 1.35 bits per heavy atom. The van der Waals surface area contributed by atoms with Gasteiger partial charge in [0.1, 0.15) is 23.2 Å². The summed E-state index contributed by atoms with van der Waals surface area (Å²) in [6.07, 6.45) is 0.811. The topological polar surface area (TPSA) is 43.8 Å². The SMILES string of the molecule is CCc1nc(-c2cc(F)ccc2C)c(N)n1CC(C)C. The van der Waals surface area contributed by atoms with E-state index in [1.807, 2.05) is 11.5 Å². The summed E-state index contributed by atoms with van der Waals surface area (Å²) in [4.78, 5) is 4.62. The molecule has 0 aliphatic heterocycles. The zero-order chi connectivity index (χ0) is 14.9. The van der Waals surface area contributed by atoms with Gasteiger partial charge < -0.3 is 10.3 Å². The summed E-state index contributed by atoms with van der Waals surface area (Å²) in [5.74, 6) is 1.80. The van der Waals surface area contributed by atoms with Crippen molar-refractivity contribution in [1.29, 1.82) is 0 Å². The monoisotopic (exact) mass is 275 g/mol. The van der Waals surface area contributed by atoms with Crippen LogP contribution in [0.2, 0.25) is 0 Å². The summed E-state index contributed by atoms with van der Waals surface area (Å²) in [5.41, 5.74) is 8.71. The second-order valence-electron chi connectivity index (χ2n) is 5.58. The molecule has 2 N–H and O–H groups in total. The lowest BCUT2D eigenvalue weighted by molar-refractivity contribution is 0.513. The van der Waals surface area contributed by atoms with Gasteiger partial charge in [-0.3, -0.25) is 0 Å². The molecule has 1 aromatic heterocycles. The van der Waals surface area contributed by atoms with Gasteiger partial charge in [0, 0.05) is 18.5 Å². The van der Waals surface area contributed by atoms with Crippen molar-refractivity contribution < 1.29 is 4.39 Å². The van der Waals surface area contributed by atoms with E-state index in [1.165, 1.54) is 12.1 Å². The summed E-state index contributed by atoms with van der Waals surface area (Å²) in [6, 6.07) is 4.73. The first-order valence-corrected chi connectivity index (χ1v) is 7.05. The highest BCUT2D eigenvalue weighted by atomic mass is 19.1. The number of hydrogen-bond donors (Lipinski definition) is 1. The molecule has 0 aliphatic carbocycles. The average molecular weight is 275 g/mol. The second-order valence-corrected chi connectivity index (χ2v) is 5.58. The van der Waals surface area contributed by atoms with E-state index in [4.69, 9.17) is 5.73 Å². The molecule has 2 aromatic rings. The molecule has 0 amide bonds. The molecule has 1 heterocycles. The van der Waals surface area contributed by atoms with Crippen LogP contribution in [0.5, 0.6) is 0 Å². The molecule has 0 fully saturated rings. The minimum Gasteiger partial charge on any atom is -0.383 e. The fourth-order valence-corrected chi connectivity index (χ4v) is 2.40. The van der Waals surface area contributed by atoms with Gasteiger partial charge in [-0.1, -0.05) is 26.8 Å². The Balaban J connectivity index is 2.57. The van der Waals surface area contributed by atoms with E-state index in [0.717, 1.165) is 29.9 Å². The Labute approximate surface area is 119 Å². The summed E-state index contributed by atoms with van der Waals surface area (Å²) >= 11 is 0. The van der Waals surface area contributed by atoms with E-state index < -0.39 is 0 Å². The van der Waals surface area contributed by atoms with Crippen LogP contribution in [0.1, 0.15) is 32.2 Å². The third kappa shape index (κ3) is 2.69. The van der Waals surface area contributed by atoms with Gasteiger partial charge >= 0.3 is 0 Å². The maximum atomic E-state index is 13.5. The molecule has 3 nitrogen and oxygen atoms in total. The molecule has 0 saturated carbocycles. The van der Waals surface area contributed by atoms with Crippen LogP contribution in [0.25, 0.3) is 11.3 Å². The number of imidazole rings is 1. The normalized spacial score (nSPS) is 11.3. The Hall–Kier alpha value is -1.84. The molecule has 0 saturated heterocycles. The van der Waals surface area contributed by atoms with Crippen LogP contribution in [0, 0.1) is 18.7 Å². The Kier molecular flexibility index (Phi) is 4.12. The van der Waals surface area contributed by atoms with Crippen molar-refractivity contribution in [2.75, 3.05) is 5.73 Å². The maximum Gasteiger partial charge on any atom is 0.131 e. The molecular formula is C16H22FN3. The van der Waals surface area contributed by atoms with E-state index in [-0.39, 0.29) is 5.82 Å². The number of nitrogens with two attached hydrogens (primary N) is 1. The minimum absolute atomic E-state index is 0.263. The number of rotatable bonds is 4. The molecule has 108 valence electrons. The number of nitrogens with zero attached hydrogens (tertiary/aromatic N) is 2. The lowest BCUT2D eigenvalue weighted by Gasteiger charge is -2.11. The van der Waals surface area contributed by atoms with Crippen LogP contribution in [0.3, 0.4) is 0 Å². The Morgan fingerprint density at radius 3 is 2.65 bits per heavy atom. The number of hydrogen-bond acceptors (Lipinski definition) is 2. The van der Waals surface area contributed by atoms with Crippen molar-refractivity contribution in [3.63, 3.8) is 0 Å². The molecule has 0 radical (unpaired) electrons. The van der Waals surface area contributed by atoms with Crippen LogP contribution < -0.4 is 5.73 Å². The molecule has 0 unspecified atom stereocenters. The van der Waals surface area contributed by atoms with E-state index in [2.05, 4.69) is 25.8 Å². The van der Waals surface area contributed by atoms with Crippen LogP contribution in [0.15, 0.2) is 18.2 Å². The van der Waals surface area contributed by atoms with Gasteiger partial charge in [0.15, 0.2) is 0 Å². The molecule has 20 heavy (non-hydrogen) atoms. The zero-order valence-electron chi connectivity index (χ0n) is 12.6. The van der Waals surface area contributed by atoms with E-state index in [1.54, 1.807) is 6.07 Å². The van der Waals surface area contributed by atoms with Gasteiger partial charge in [-0.05, 0) is 30.5 Å². The number of aryl methyl sites for hydroxylation is 2. The third-order valence-electron chi connectivity index (χ3n) is 3.40.